The summed E-state index contributed by atoms with van der Waals surface area (Å²) >= 11 is 0. The molecular formula is C24H37IN6O. The van der Waals surface area contributed by atoms with Crippen LogP contribution in [0.15, 0.2) is 41.7 Å². The Morgan fingerprint density at radius 3 is 2.75 bits per heavy atom. The fourth-order valence-corrected chi connectivity index (χ4v) is 4.65. The summed E-state index contributed by atoms with van der Waals surface area (Å²) in [6.07, 6.45) is 7.92. The number of aryl methyl sites for hydroxylation is 1. The second kappa shape index (κ2) is 12.0. The van der Waals surface area contributed by atoms with Crippen LogP contribution in [0.1, 0.15) is 49.0 Å². The number of morpholine rings is 1. The van der Waals surface area contributed by atoms with Crippen LogP contribution in [0.4, 0.5) is 0 Å². The number of piperidine rings is 1. The molecular weight excluding hydrogens is 515 g/mol. The Labute approximate surface area is 209 Å². The normalized spacial score (nSPS) is 22.5. The van der Waals surface area contributed by atoms with Crippen LogP contribution in [0, 0.1) is 0 Å². The highest BCUT2D eigenvalue weighted by atomic mass is 127. The molecule has 8 heteroatoms. The van der Waals surface area contributed by atoms with E-state index in [0.29, 0.717) is 12.6 Å². The lowest BCUT2D eigenvalue weighted by molar-refractivity contribution is -0.00805. The summed E-state index contributed by atoms with van der Waals surface area (Å²) in [6, 6.07) is 9.47. The van der Waals surface area contributed by atoms with Gasteiger partial charge in [-0.05, 0) is 37.4 Å². The summed E-state index contributed by atoms with van der Waals surface area (Å²) in [5, 5.41) is 7.89. The third-order valence-corrected chi connectivity index (χ3v) is 6.54. The number of nitrogens with one attached hydrogen (secondary N) is 1. The van der Waals surface area contributed by atoms with E-state index in [4.69, 9.17) is 4.74 Å². The van der Waals surface area contributed by atoms with E-state index in [9.17, 15) is 0 Å². The summed E-state index contributed by atoms with van der Waals surface area (Å²) in [5.74, 6) is 0.929. The number of aliphatic imine (C=N–C) groups is 1. The molecule has 32 heavy (non-hydrogen) atoms. The molecule has 1 aromatic heterocycles. The van der Waals surface area contributed by atoms with Crippen LogP contribution < -0.4 is 5.32 Å². The van der Waals surface area contributed by atoms with Gasteiger partial charge in [-0.1, -0.05) is 30.7 Å². The van der Waals surface area contributed by atoms with E-state index < -0.39 is 0 Å². The fraction of sp³-hybridized carbons (Fsp3) is 0.583. The third kappa shape index (κ3) is 6.23. The van der Waals surface area contributed by atoms with Gasteiger partial charge in [0.1, 0.15) is 6.10 Å². The summed E-state index contributed by atoms with van der Waals surface area (Å²) in [7, 11) is 3.80. The Hall–Kier alpha value is -1.65. The van der Waals surface area contributed by atoms with Crippen LogP contribution in [0.25, 0.3) is 0 Å². The van der Waals surface area contributed by atoms with E-state index in [-0.39, 0.29) is 30.1 Å². The molecule has 1 aromatic carbocycles. The molecule has 2 aliphatic heterocycles. The van der Waals surface area contributed by atoms with Crippen LogP contribution in [0.2, 0.25) is 0 Å². The first-order valence-corrected chi connectivity index (χ1v) is 11.5. The maximum absolute atomic E-state index is 6.00. The Balaban J connectivity index is 0.00000289. The number of halogens is 1. The van der Waals surface area contributed by atoms with Gasteiger partial charge in [-0.25, -0.2) is 0 Å². The average molecular weight is 553 g/mol. The molecule has 0 spiro atoms. The molecule has 4 rings (SSSR count). The lowest BCUT2D eigenvalue weighted by Crippen LogP contribution is -2.48. The number of aromatic nitrogens is 2. The van der Waals surface area contributed by atoms with E-state index in [2.05, 4.69) is 56.4 Å². The Kier molecular flexibility index (Phi) is 9.36. The molecule has 7 nitrogen and oxygen atoms in total. The lowest BCUT2D eigenvalue weighted by Gasteiger charge is -2.35. The number of hydrogen-bond acceptors (Lipinski definition) is 4. The summed E-state index contributed by atoms with van der Waals surface area (Å²) in [5.41, 5.74) is 3.87. The number of likely N-dealkylation sites (tertiary alicyclic amines) is 1. The van der Waals surface area contributed by atoms with Gasteiger partial charge in [-0.3, -0.25) is 14.6 Å². The number of benzene rings is 1. The van der Waals surface area contributed by atoms with Crippen molar-refractivity contribution in [1.29, 1.82) is 0 Å². The van der Waals surface area contributed by atoms with Crippen molar-refractivity contribution < 1.29 is 4.74 Å². The van der Waals surface area contributed by atoms with Crippen molar-refractivity contribution in [3.8, 4) is 0 Å². The smallest absolute Gasteiger partial charge is 0.194 e. The quantitative estimate of drug-likeness (QED) is 0.350. The van der Waals surface area contributed by atoms with Crippen LogP contribution in [-0.2, 0) is 24.9 Å². The Bertz CT molecular complexity index is 885. The van der Waals surface area contributed by atoms with E-state index in [1.807, 2.05) is 31.2 Å². The summed E-state index contributed by atoms with van der Waals surface area (Å²) in [6.45, 7) is 7.66. The molecule has 0 saturated carbocycles. The van der Waals surface area contributed by atoms with Gasteiger partial charge >= 0.3 is 0 Å². The number of hydrogen-bond donors (Lipinski definition) is 1. The molecule has 176 valence electrons. The zero-order chi connectivity index (χ0) is 21.6. The monoisotopic (exact) mass is 552 g/mol. The van der Waals surface area contributed by atoms with Gasteiger partial charge in [0, 0.05) is 51.5 Å². The van der Waals surface area contributed by atoms with Gasteiger partial charge in [-0.2, -0.15) is 5.10 Å². The zero-order valence-electron chi connectivity index (χ0n) is 19.5. The first kappa shape index (κ1) is 25.0. The average Bonchev–Trinajstić information content (AvgIpc) is 3.23. The highest BCUT2D eigenvalue weighted by molar-refractivity contribution is 14.0. The number of nitrogens with zero attached hydrogens (tertiary/aromatic N) is 5. The van der Waals surface area contributed by atoms with E-state index in [0.717, 1.165) is 37.7 Å². The van der Waals surface area contributed by atoms with Crippen molar-refractivity contribution in [2.24, 2.45) is 12.0 Å². The molecule has 1 N–H and O–H groups in total. The van der Waals surface area contributed by atoms with Gasteiger partial charge < -0.3 is 15.0 Å². The fourth-order valence-electron chi connectivity index (χ4n) is 4.65. The van der Waals surface area contributed by atoms with Crippen molar-refractivity contribution in [3.05, 3.63) is 53.3 Å². The summed E-state index contributed by atoms with van der Waals surface area (Å²) < 4.78 is 7.82. The molecule has 0 amide bonds. The molecule has 2 fully saturated rings. The minimum absolute atomic E-state index is 0. The van der Waals surface area contributed by atoms with E-state index >= 15 is 0 Å². The van der Waals surface area contributed by atoms with Crippen molar-refractivity contribution >= 4 is 29.9 Å². The highest BCUT2D eigenvalue weighted by Crippen LogP contribution is 2.23. The maximum atomic E-state index is 6.00. The van der Waals surface area contributed by atoms with Crippen molar-refractivity contribution in [2.45, 2.75) is 51.4 Å². The van der Waals surface area contributed by atoms with Crippen LogP contribution in [0.3, 0.4) is 0 Å². The third-order valence-electron chi connectivity index (χ3n) is 6.54. The van der Waals surface area contributed by atoms with Crippen LogP contribution in [0.5, 0.6) is 0 Å². The highest BCUT2D eigenvalue weighted by Gasteiger charge is 2.25. The minimum Gasteiger partial charge on any atom is -0.370 e. The van der Waals surface area contributed by atoms with Crippen LogP contribution in [-0.4, -0.2) is 64.9 Å². The number of guanidine groups is 1. The summed E-state index contributed by atoms with van der Waals surface area (Å²) in [4.78, 5) is 9.47. The predicted molar refractivity (Wildman–Crippen MR) is 139 cm³/mol. The molecule has 3 heterocycles. The van der Waals surface area contributed by atoms with Gasteiger partial charge in [-0.15, -0.1) is 24.0 Å². The molecule has 0 radical (unpaired) electrons. The van der Waals surface area contributed by atoms with Crippen molar-refractivity contribution in [3.63, 3.8) is 0 Å². The lowest BCUT2D eigenvalue weighted by atomic mass is 10.0. The second-order valence-electron chi connectivity index (χ2n) is 8.74. The molecule has 0 aliphatic carbocycles. The van der Waals surface area contributed by atoms with Gasteiger partial charge in [0.25, 0.3) is 0 Å². The second-order valence-corrected chi connectivity index (χ2v) is 8.74. The number of rotatable bonds is 5. The SMILES string of the molecule is CN=C(NCc1ccccc1CN1CCCCC1C)N1CCOC(c2cnn(C)c2)C1.I. The zero-order valence-corrected chi connectivity index (χ0v) is 21.9. The molecule has 2 saturated heterocycles. The molecule has 2 unspecified atom stereocenters. The maximum Gasteiger partial charge on any atom is 0.194 e. The predicted octanol–water partition coefficient (Wildman–Crippen LogP) is 3.56. The van der Waals surface area contributed by atoms with Crippen molar-refractivity contribution in [2.75, 3.05) is 33.3 Å². The number of ether oxygens (including phenoxy) is 1. The van der Waals surface area contributed by atoms with Gasteiger partial charge in [0.15, 0.2) is 5.96 Å². The van der Waals surface area contributed by atoms with Crippen molar-refractivity contribution in [1.82, 2.24) is 24.9 Å². The van der Waals surface area contributed by atoms with E-state index in [1.54, 1.807) is 0 Å². The first-order chi connectivity index (χ1) is 15.1. The first-order valence-electron chi connectivity index (χ1n) is 11.5. The molecule has 0 bridgehead atoms. The minimum atomic E-state index is 0. The molecule has 2 atom stereocenters. The Morgan fingerprint density at radius 2 is 2.03 bits per heavy atom. The standard InChI is InChI=1S/C24H36N6O.HI/c1-19-8-6-7-11-29(19)17-21-10-5-4-9-20(21)14-26-24(25-2)30-12-13-31-23(18-30)22-15-27-28(3)16-22;/h4-5,9-10,15-16,19,23H,6-8,11-14,17-18H2,1-3H3,(H,25,26);1H. The topological polar surface area (TPSA) is 57.9 Å². The van der Waals surface area contributed by atoms with Gasteiger partial charge in [0.2, 0.25) is 0 Å². The molecule has 2 aromatic rings. The van der Waals surface area contributed by atoms with E-state index in [1.165, 1.54) is 36.9 Å². The van der Waals surface area contributed by atoms with Gasteiger partial charge in [0.05, 0.1) is 19.3 Å². The molecule has 2 aliphatic rings. The van der Waals surface area contributed by atoms with Crippen LogP contribution >= 0.6 is 24.0 Å². The Morgan fingerprint density at radius 1 is 1.22 bits per heavy atom. The largest absolute Gasteiger partial charge is 0.370 e.